The topological polar surface area (TPSA) is 52.6 Å². The lowest BCUT2D eigenvalue weighted by Gasteiger charge is -2.07. The van der Waals surface area contributed by atoms with Crippen LogP contribution in [0.3, 0.4) is 0 Å². The highest BCUT2D eigenvalue weighted by Gasteiger charge is 2.06. The van der Waals surface area contributed by atoms with Gasteiger partial charge in [0, 0.05) is 20.1 Å². The number of methoxy groups -OCH3 is 1. The van der Waals surface area contributed by atoms with Gasteiger partial charge in [-0.3, -0.25) is 9.59 Å². The van der Waals surface area contributed by atoms with Gasteiger partial charge in [0.1, 0.15) is 5.78 Å². The molecule has 2 aromatic rings. The number of Topliss-reactive ketones (excluding diaryl/α,β-unsaturated/α-hetero) is 1. The van der Waals surface area contributed by atoms with Crippen molar-refractivity contribution in [1.82, 2.24) is 0 Å². The van der Waals surface area contributed by atoms with Gasteiger partial charge in [-0.15, -0.1) is 0 Å². The van der Waals surface area contributed by atoms with Crippen LogP contribution >= 0.6 is 0 Å². The quantitative estimate of drug-likeness (QED) is 0.364. The number of esters is 1. The fourth-order valence-corrected chi connectivity index (χ4v) is 3.18. The molecule has 0 aliphatic rings. The molecule has 0 radical (unpaired) electrons. The molecular weight excluding hydrogens is 364 g/mol. The first-order chi connectivity index (χ1) is 14.1. The van der Waals surface area contributed by atoms with Crippen molar-refractivity contribution in [3.05, 3.63) is 70.8 Å². The summed E-state index contributed by atoms with van der Waals surface area (Å²) in [5, 5.41) is 0. The third kappa shape index (κ3) is 9.53. The number of hydrogen-bond donors (Lipinski definition) is 0. The second-order valence-corrected chi connectivity index (χ2v) is 7.49. The normalized spacial score (nSPS) is 10.7. The van der Waals surface area contributed by atoms with Crippen LogP contribution in [-0.2, 0) is 38.3 Å². The molecular formula is C25H32O4. The van der Waals surface area contributed by atoms with Crippen LogP contribution < -0.4 is 0 Å². The molecule has 2 rings (SSSR count). The Kier molecular flexibility index (Phi) is 10.1. The zero-order valence-corrected chi connectivity index (χ0v) is 17.6. The van der Waals surface area contributed by atoms with Crippen molar-refractivity contribution in [3.8, 4) is 0 Å². The van der Waals surface area contributed by atoms with Gasteiger partial charge in [-0.2, -0.15) is 0 Å². The minimum Gasteiger partial charge on any atom is -0.465 e. The molecule has 4 nitrogen and oxygen atoms in total. The van der Waals surface area contributed by atoms with Crippen LogP contribution in [0.25, 0.3) is 0 Å². The summed E-state index contributed by atoms with van der Waals surface area (Å²) in [6, 6.07) is 16.3. The van der Waals surface area contributed by atoms with Gasteiger partial charge in [0.15, 0.2) is 0 Å². The van der Waals surface area contributed by atoms with E-state index in [1.54, 1.807) is 14.0 Å². The summed E-state index contributed by atoms with van der Waals surface area (Å²) < 4.78 is 10.3. The Morgan fingerprint density at radius 2 is 1.17 bits per heavy atom. The molecule has 0 aliphatic heterocycles. The first-order valence-corrected chi connectivity index (χ1v) is 10.4. The van der Waals surface area contributed by atoms with E-state index in [1.165, 1.54) is 11.1 Å². The van der Waals surface area contributed by atoms with Crippen LogP contribution in [-0.4, -0.2) is 32.1 Å². The highest BCUT2D eigenvalue weighted by atomic mass is 16.5. The number of benzene rings is 2. The summed E-state index contributed by atoms with van der Waals surface area (Å²) in [6.45, 7) is 2.89. The number of ketones is 1. The second-order valence-electron chi connectivity index (χ2n) is 7.49. The SMILES string of the molecule is COCCCCCCOC(=O)Cc1ccc(Cc2ccc(CC(C)=O)cc2)cc1. The van der Waals surface area contributed by atoms with E-state index in [-0.39, 0.29) is 11.8 Å². The van der Waals surface area contributed by atoms with Gasteiger partial charge in [-0.25, -0.2) is 0 Å². The van der Waals surface area contributed by atoms with Crippen molar-refractivity contribution < 1.29 is 19.1 Å². The standard InChI is InChI=1S/C25H32O4/c1-20(26)17-21-7-9-22(10-8-21)18-23-11-13-24(14-12-23)19-25(27)29-16-6-4-3-5-15-28-2/h7-14H,3-6,15-19H2,1-2H3. The summed E-state index contributed by atoms with van der Waals surface area (Å²) in [5.74, 6) is 0.00430. The molecule has 0 atom stereocenters. The van der Waals surface area contributed by atoms with E-state index in [9.17, 15) is 9.59 Å². The Morgan fingerprint density at radius 1 is 0.690 bits per heavy atom. The molecule has 29 heavy (non-hydrogen) atoms. The third-order valence-electron chi connectivity index (χ3n) is 4.76. The Labute approximate surface area is 174 Å². The Morgan fingerprint density at radius 3 is 1.69 bits per heavy atom. The van der Waals surface area contributed by atoms with Crippen molar-refractivity contribution in [2.45, 2.75) is 51.9 Å². The summed E-state index contributed by atoms with van der Waals surface area (Å²) in [4.78, 5) is 23.1. The van der Waals surface area contributed by atoms with E-state index >= 15 is 0 Å². The van der Waals surface area contributed by atoms with Crippen molar-refractivity contribution in [3.63, 3.8) is 0 Å². The van der Waals surface area contributed by atoms with Gasteiger partial charge in [0.05, 0.1) is 13.0 Å². The van der Waals surface area contributed by atoms with Gasteiger partial charge in [0.2, 0.25) is 0 Å². The van der Waals surface area contributed by atoms with Gasteiger partial charge in [-0.05, 0) is 54.9 Å². The van der Waals surface area contributed by atoms with Crippen molar-refractivity contribution in [2.24, 2.45) is 0 Å². The molecule has 0 saturated heterocycles. The maximum Gasteiger partial charge on any atom is 0.310 e. The number of carbonyl (C=O) groups is 2. The third-order valence-corrected chi connectivity index (χ3v) is 4.76. The average molecular weight is 397 g/mol. The molecule has 2 aromatic carbocycles. The van der Waals surface area contributed by atoms with Crippen molar-refractivity contribution in [1.29, 1.82) is 0 Å². The van der Waals surface area contributed by atoms with Crippen LogP contribution in [0.5, 0.6) is 0 Å². The molecule has 0 aliphatic carbocycles. The van der Waals surface area contributed by atoms with Crippen molar-refractivity contribution >= 4 is 11.8 Å². The predicted octanol–water partition coefficient (Wildman–Crippen LogP) is 4.70. The lowest BCUT2D eigenvalue weighted by molar-refractivity contribution is -0.143. The fraction of sp³-hybridized carbons (Fsp3) is 0.440. The van der Waals surface area contributed by atoms with E-state index in [2.05, 4.69) is 24.3 Å². The summed E-state index contributed by atoms with van der Waals surface area (Å²) in [5.41, 5.74) is 4.41. The number of ether oxygens (including phenoxy) is 2. The zero-order valence-electron chi connectivity index (χ0n) is 17.6. The molecule has 4 heteroatoms. The largest absolute Gasteiger partial charge is 0.465 e. The zero-order chi connectivity index (χ0) is 20.9. The molecule has 0 fully saturated rings. The molecule has 0 spiro atoms. The van der Waals surface area contributed by atoms with Gasteiger partial charge >= 0.3 is 5.97 Å². The maximum atomic E-state index is 12.0. The minimum absolute atomic E-state index is 0.171. The highest BCUT2D eigenvalue weighted by Crippen LogP contribution is 2.13. The fourth-order valence-electron chi connectivity index (χ4n) is 3.18. The first-order valence-electron chi connectivity index (χ1n) is 10.4. The van der Waals surface area contributed by atoms with Gasteiger partial charge in [0.25, 0.3) is 0 Å². The Hall–Kier alpha value is -2.46. The lowest BCUT2D eigenvalue weighted by Crippen LogP contribution is -2.09. The van der Waals surface area contributed by atoms with Gasteiger partial charge < -0.3 is 9.47 Å². The molecule has 0 aromatic heterocycles. The molecule has 156 valence electrons. The molecule has 0 N–H and O–H groups in total. The monoisotopic (exact) mass is 396 g/mol. The predicted molar refractivity (Wildman–Crippen MR) is 115 cm³/mol. The van der Waals surface area contributed by atoms with Crippen LogP contribution in [0.15, 0.2) is 48.5 Å². The molecule has 0 amide bonds. The van der Waals surface area contributed by atoms with Crippen LogP contribution in [0.1, 0.15) is 54.9 Å². The van der Waals surface area contributed by atoms with E-state index in [4.69, 9.17) is 9.47 Å². The van der Waals surface area contributed by atoms with Gasteiger partial charge in [-0.1, -0.05) is 55.0 Å². The van der Waals surface area contributed by atoms with Crippen LogP contribution in [0.2, 0.25) is 0 Å². The molecule has 0 saturated carbocycles. The lowest BCUT2D eigenvalue weighted by atomic mass is 10.0. The second kappa shape index (κ2) is 12.9. The number of hydrogen-bond acceptors (Lipinski definition) is 4. The Balaban J connectivity index is 1.71. The number of rotatable bonds is 13. The first kappa shape index (κ1) is 22.8. The summed E-state index contributed by atoms with van der Waals surface area (Å²) in [6.07, 6.45) is 5.74. The number of carbonyl (C=O) groups excluding carboxylic acids is 2. The van der Waals surface area contributed by atoms with Crippen LogP contribution in [0, 0.1) is 0 Å². The van der Waals surface area contributed by atoms with E-state index in [0.717, 1.165) is 49.8 Å². The summed E-state index contributed by atoms with van der Waals surface area (Å²) >= 11 is 0. The highest BCUT2D eigenvalue weighted by molar-refractivity contribution is 5.78. The van der Waals surface area contributed by atoms with E-state index in [0.29, 0.717) is 19.4 Å². The number of unbranched alkanes of at least 4 members (excludes halogenated alkanes) is 3. The van der Waals surface area contributed by atoms with E-state index < -0.39 is 0 Å². The molecule has 0 bridgehead atoms. The minimum atomic E-state index is -0.171. The van der Waals surface area contributed by atoms with Crippen LogP contribution in [0.4, 0.5) is 0 Å². The average Bonchev–Trinajstić information content (AvgIpc) is 2.70. The summed E-state index contributed by atoms with van der Waals surface area (Å²) in [7, 11) is 1.71. The Bertz CT molecular complexity index is 747. The van der Waals surface area contributed by atoms with E-state index in [1.807, 2.05) is 24.3 Å². The molecule has 0 heterocycles. The maximum absolute atomic E-state index is 12.0. The van der Waals surface area contributed by atoms with Crippen molar-refractivity contribution in [2.75, 3.05) is 20.3 Å². The smallest absolute Gasteiger partial charge is 0.310 e. The molecule has 0 unspecified atom stereocenters.